The van der Waals surface area contributed by atoms with Crippen LogP contribution in [0.2, 0.25) is 0 Å². The molecule has 5 heteroatoms. The number of hydrogen-bond donors (Lipinski definition) is 1. The Morgan fingerprint density at radius 3 is 2.68 bits per heavy atom. The number of thiazole rings is 1. The minimum atomic E-state index is 0.590. The fourth-order valence-corrected chi connectivity index (χ4v) is 3.02. The Labute approximate surface area is 121 Å². The van der Waals surface area contributed by atoms with Crippen molar-refractivity contribution in [3.8, 4) is 0 Å². The first kappa shape index (κ1) is 16.4. The summed E-state index contributed by atoms with van der Waals surface area (Å²) < 4.78 is 5.20. The summed E-state index contributed by atoms with van der Waals surface area (Å²) in [7, 11) is 1.74. The SMILES string of the molecule is CCCc1nc(N(CCOC)CC(C)C)sc1CN. The highest BCUT2D eigenvalue weighted by atomic mass is 32.1. The average Bonchev–Trinajstić information content (AvgIpc) is 2.77. The van der Waals surface area contributed by atoms with Gasteiger partial charge in [0.25, 0.3) is 0 Å². The van der Waals surface area contributed by atoms with Crippen LogP contribution in [0.5, 0.6) is 0 Å². The number of rotatable bonds is 9. The van der Waals surface area contributed by atoms with E-state index >= 15 is 0 Å². The van der Waals surface area contributed by atoms with Crippen LogP contribution < -0.4 is 10.6 Å². The van der Waals surface area contributed by atoms with Gasteiger partial charge in [0.1, 0.15) is 0 Å². The molecule has 1 heterocycles. The van der Waals surface area contributed by atoms with Crippen molar-refractivity contribution < 1.29 is 4.74 Å². The lowest BCUT2D eigenvalue weighted by Gasteiger charge is -2.23. The first-order valence-corrected chi connectivity index (χ1v) is 7.86. The van der Waals surface area contributed by atoms with Gasteiger partial charge in [0.05, 0.1) is 12.3 Å². The minimum absolute atomic E-state index is 0.590. The van der Waals surface area contributed by atoms with E-state index in [1.54, 1.807) is 18.4 Å². The summed E-state index contributed by atoms with van der Waals surface area (Å²) in [6.45, 7) is 9.84. The molecule has 19 heavy (non-hydrogen) atoms. The van der Waals surface area contributed by atoms with E-state index in [1.165, 1.54) is 10.6 Å². The number of anilines is 1. The summed E-state index contributed by atoms with van der Waals surface area (Å²) in [6, 6.07) is 0. The topological polar surface area (TPSA) is 51.4 Å². The van der Waals surface area contributed by atoms with E-state index in [0.29, 0.717) is 12.5 Å². The molecule has 0 aromatic carbocycles. The van der Waals surface area contributed by atoms with Crippen molar-refractivity contribution in [2.45, 2.75) is 40.2 Å². The molecule has 4 nitrogen and oxygen atoms in total. The largest absolute Gasteiger partial charge is 0.383 e. The van der Waals surface area contributed by atoms with Crippen LogP contribution in [0.15, 0.2) is 0 Å². The third-order valence-corrected chi connectivity index (χ3v) is 4.04. The minimum Gasteiger partial charge on any atom is -0.383 e. The van der Waals surface area contributed by atoms with Crippen LogP contribution in [-0.4, -0.2) is 31.8 Å². The Balaban J connectivity index is 2.87. The maximum atomic E-state index is 5.82. The van der Waals surface area contributed by atoms with Gasteiger partial charge in [-0.25, -0.2) is 4.98 Å². The summed E-state index contributed by atoms with van der Waals surface area (Å²) in [4.78, 5) is 8.33. The molecule has 2 N–H and O–H groups in total. The maximum absolute atomic E-state index is 5.82. The van der Waals surface area contributed by atoms with Crippen molar-refractivity contribution in [2.24, 2.45) is 11.7 Å². The van der Waals surface area contributed by atoms with Crippen LogP contribution in [0.4, 0.5) is 5.13 Å². The van der Waals surface area contributed by atoms with Crippen molar-refractivity contribution in [2.75, 3.05) is 31.7 Å². The van der Waals surface area contributed by atoms with Crippen LogP contribution in [0.25, 0.3) is 0 Å². The van der Waals surface area contributed by atoms with Gasteiger partial charge in [-0.3, -0.25) is 0 Å². The second kappa shape index (κ2) is 8.51. The molecule has 0 atom stereocenters. The molecule has 0 amide bonds. The Kier molecular flexibility index (Phi) is 7.34. The van der Waals surface area contributed by atoms with Crippen LogP contribution in [-0.2, 0) is 17.7 Å². The molecule has 0 aliphatic heterocycles. The number of hydrogen-bond acceptors (Lipinski definition) is 5. The first-order chi connectivity index (χ1) is 9.12. The highest BCUT2D eigenvalue weighted by Gasteiger charge is 2.16. The predicted octanol–water partition coefficient (Wildman–Crippen LogP) is 2.66. The number of aromatic nitrogens is 1. The van der Waals surface area contributed by atoms with E-state index in [2.05, 4.69) is 25.7 Å². The van der Waals surface area contributed by atoms with Gasteiger partial charge in [-0.05, 0) is 12.3 Å². The van der Waals surface area contributed by atoms with Gasteiger partial charge in [-0.15, -0.1) is 11.3 Å². The molecule has 0 unspecified atom stereocenters. The van der Waals surface area contributed by atoms with Gasteiger partial charge in [0.15, 0.2) is 5.13 Å². The van der Waals surface area contributed by atoms with Crippen LogP contribution in [0.1, 0.15) is 37.8 Å². The van der Waals surface area contributed by atoms with Crippen molar-refractivity contribution in [3.05, 3.63) is 10.6 Å². The molecule has 0 bridgehead atoms. The lowest BCUT2D eigenvalue weighted by molar-refractivity contribution is 0.204. The van der Waals surface area contributed by atoms with E-state index in [9.17, 15) is 0 Å². The predicted molar refractivity (Wildman–Crippen MR) is 82.9 cm³/mol. The summed E-state index contributed by atoms with van der Waals surface area (Å²) >= 11 is 1.73. The second-order valence-corrected chi connectivity index (χ2v) is 6.22. The molecule has 0 aliphatic carbocycles. The smallest absolute Gasteiger partial charge is 0.185 e. The summed E-state index contributed by atoms with van der Waals surface area (Å²) in [5.74, 6) is 0.608. The molecular formula is C14H27N3OS. The highest BCUT2D eigenvalue weighted by molar-refractivity contribution is 7.15. The second-order valence-electron chi connectivity index (χ2n) is 5.15. The quantitative estimate of drug-likeness (QED) is 0.758. The first-order valence-electron chi connectivity index (χ1n) is 7.04. The molecule has 110 valence electrons. The van der Waals surface area contributed by atoms with Crippen molar-refractivity contribution in [1.29, 1.82) is 0 Å². The fraction of sp³-hybridized carbons (Fsp3) is 0.786. The van der Waals surface area contributed by atoms with Crippen LogP contribution in [0, 0.1) is 5.92 Å². The molecule has 0 fully saturated rings. The van der Waals surface area contributed by atoms with Gasteiger partial charge in [0, 0.05) is 31.6 Å². The Morgan fingerprint density at radius 1 is 1.42 bits per heavy atom. The van der Waals surface area contributed by atoms with Gasteiger partial charge in [-0.2, -0.15) is 0 Å². The lowest BCUT2D eigenvalue weighted by Crippen LogP contribution is -2.30. The zero-order valence-corrected chi connectivity index (χ0v) is 13.4. The van der Waals surface area contributed by atoms with E-state index in [-0.39, 0.29) is 0 Å². The lowest BCUT2D eigenvalue weighted by atomic mass is 10.2. The number of nitrogens with two attached hydrogens (primary N) is 1. The number of methoxy groups -OCH3 is 1. The molecule has 1 aromatic rings. The van der Waals surface area contributed by atoms with Gasteiger partial charge < -0.3 is 15.4 Å². The van der Waals surface area contributed by atoms with E-state index in [1.807, 2.05) is 0 Å². The molecular weight excluding hydrogens is 258 g/mol. The van der Waals surface area contributed by atoms with E-state index < -0.39 is 0 Å². The zero-order chi connectivity index (χ0) is 14.3. The number of nitrogens with zero attached hydrogens (tertiary/aromatic N) is 2. The molecule has 0 radical (unpaired) electrons. The summed E-state index contributed by atoms with van der Waals surface area (Å²) in [5, 5.41) is 1.09. The van der Waals surface area contributed by atoms with Crippen LogP contribution >= 0.6 is 11.3 Å². The number of aryl methyl sites for hydroxylation is 1. The van der Waals surface area contributed by atoms with Gasteiger partial charge in [-0.1, -0.05) is 27.2 Å². The Morgan fingerprint density at radius 2 is 2.16 bits per heavy atom. The molecule has 0 aliphatic rings. The Bertz CT molecular complexity index is 366. The van der Waals surface area contributed by atoms with Crippen molar-refractivity contribution in [1.82, 2.24) is 4.98 Å². The molecule has 1 aromatic heterocycles. The maximum Gasteiger partial charge on any atom is 0.185 e. The third-order valence-electron chi connectivity index (χ3n) is 2.86. The van der Waals surface area contributed by atoms with Gasteiger partial charge >= 0.3 is 0 Å². The summed E-state index contributed by atoms with van der Waals surface area (Å²) in [5.41, 5.74) is 7.00. The Hall–Kier alpha value is -0.650. The third kappa shape index (κ3) is 5.09. The number of ether oxygens (including phenoxy) is 1. The molecule has 0 spiro atoms. The molecule has 0 saturated carbocycles. The summed E-state index contributed by atoms with van der Waals surface area (Å²) in [6.07, 6.45) is 2.13. The van der Waals surface area contributed by atoms with E-state index in [0.717, 1.165) is 37.7 Å². The average molecular weight is 285 g/mol. The zero-order valence-electron chi connectivity index (χ0n) is 12.6. The monoisotopic (exact) mass is 285 g/mol. The standard InChI is InChI=1S/C14H27N3OS/c1-5-6-12-13(9-15)19-14(16-12)17(7-8-18-4)10-11(2)3/h11H,5-10,15H2,1-4H3. The van der Waals surface area contributed by atoms with Crippen molar-refractivity contribution in [3.63, 3.8) is 0 Å². The van der Waals surface area contributed by atoms with Crippen molar-refractivity contribution >= 4 is 16.5 Å². The highest BCUT2D eigenvalue weighted by Crippen LogP contribution is 2.27. The van der Waals surface area contributed by atoms with Crippen LogP contribution in [0.3, 0.4) is 0 Å². The van der Waals surface area contributed by atoms with E-state index in [4.69, 9.17) is 15.5 Å². The fourth-order valence-electron chi connectivity index (χ4n) is 2.00. The molecule has 0 saturated heterocycles. The van der Waals surface area contributed by atoms with Gasteiger partial charge in [0.2, 0.25) is 0 Å². The molecule has 1 rings (SSSR count). The normalized spacial score (nSPS) is 11.3.